The number of carbonyl (C=O) groups is 2. The quantitative estimate of drug-likeness (QED) is 0.302. The number of rotatable bonds is 10. The first-order valence-corrected chi connectivity index (χ1v) is 10.9. The second-order valence-electron chi connectivity index (χ2n) is 9.10. The first kappa shape index (κ1) is 33.2. The number of para-hydroxylation sites is 1. The number of H-pyrrole nitrogens is 1. The van der Waals surface area contributed by atoms with Gasteiger partial charge in [0.15, 0.2) is 0 Å². The van der Waals surface area contributed by atoms with E-state index in [9.17, 15) is 9.59 Å². The van der Waals surface area contributed by atoms with Gasteiger partial charge in [-0.05, 0) is 24.5 Å². The number of amides is 1. The molecule has 0 aliphatic carbocycles. The van der Waals surface area contributed by atoms with Gasteiger partial charge in [-0.25, -0.2) is 0 Å². The minimum Gasteiger partial charge on any atom is -0.370 e. The molecule has 0 radical (unpaired) electrons. The Morgan fingerprint density at radius 3 is 2.30 bits per heavy atom. The van der Waals surface area contributed by atoms with Crippen molar-refractivity contribution in [1.82, 2.24) is 10.3 Å². The molecule has 33 heavy (non-hydrogen) atoms. The van der Waals surface area contributed by atoms with Crippen LogP contribution in [0.4, 0.5) is 0 Å². The predicted octanol–water partition coefficient (Wildman–Crippen LogP) is 5.57. The number of nitrogens with two attached hydrogens (primary N) is 1. The SMILES string of the molecule is C.C=C.CC(C)N[C@H](/C=C/C(Cc1c[nH]c2ccccc12)C(=O)C(C)(C)C)CCC(N)=O.[W]. The van der Waals surface area contributed by atoms with Crippen molar-refractivity contribution in [2.45, 2.75) is 73.4 Å². The standard InChI is InChI=1S/C24H35N3O2.C2H4.CH4.W/c1-16(2)27-19(12-13-22(25)28)11-10-17(23(29)24(3,4)5)14-18-15-26-21-9-7-6-8-20(18)21;1-2;;/h6-11,15-17,19,26-27H,12-14H2,1-5H3,(H2,25,28);1-2H2;1H4;/b11-10+;;;/t17?,19-;;;/m1.../s1. The second-order valence-corrected chi connectivity index (χ2v) is 9.10. The van der Waals surface area contributed by atoms with Crippen molar-refractivity contribution in [2.24, 2.45) is 17.1 Å². The molecular formula is C27H43N3O2W. The molecule has 0 saturated heterocycles. The molecule has 0 fully saturated rings. The molecule has 2 rings (SSSR count). The maximum atomic E-state index is 13.2. The van der Waals surface area contributed by atoms with Crippen LogP contribution in [0.15, 0.2) is 55.8 Å². The minimum absolute atomic E-state index is 0. The summed E-state index contributed by atoms with van der Waals surface area (Å²) in [5.41, 5.74) is 7.11. The molecule has 0 bridgehead atoms. The predicted molar refractivity (Wildman–Crippen MR) is 138 cm³/mol. The van der Waals surface area contributed by atoms with E-state index in [0.29, 0.717) is 19.3 Å². The molecule has 1 unspecified atom stereocenters. The summed E-state index contributed by atoms with van der Waals surface area (Å²) in [6, 6.07) is 8.41. The molecule has 2 atom stereocenters. The van der Waals surface area contributed by atoms with Crippen LogP contribution in [-0.4, -0.2) is 28.8 Å². The average Bonchev–Trinajstić information content (AvgIpc) is 3.11. The van der Waals surface area contributed by atoms with Crippen molar-refractivity contribution in [2.75, 3.05) is 0 Å². The molecule has 5 nitrogen and oxygen atoms in total. The maximum Gasteiger partial charge on any atom is 0.217 e. The van der Waals surface area contributed by atoms with E-state index in [-0.39, 0.29) is 58.2 Å². The van der Waals surface area contributed by atoms with Gasteiger partial charge in [-0.1, -0.05) is 72.4 Å². The van der Waals surface area contributed by atoms with Crippen molar-refractivity contribution in [1.29, 1.82) is 0 Å². The molecule has 2 aromatic rings. The smallest absolute Gasteiger partial charge is 0.217 e. The van der Waals surface area contributed by atoms with Gasteiger partial charge in [0, 0.05) is 68.0 Å². The van der Waals surface area contributed by atoms with Crippen molar-refractivity contribution in [3.63, 3.8) is 0 Å². The van der Waals surface area contributed by atoms with E-state index in [1.807, 2.05) is 57.3 Å². The second kappa shape index (κ2) is 15.8. The third-order valence-electron chi connectivity index (χ3n) is 5.02. The third kappa shape index (κ3) is 11.1. The number of Topliss-reactive ketones (excluding diaryl/α,β-unsaturated/α-hetero) is 1. The van der Waals surface area contributed by atoms with E-state index in [2.05, 4.69) is 43.4 Å². The molecule has 6 heteroatoms. The largest absolute Gasteiger partial charge is 0.370 e. The molecule has 4 N–H and O–H groups in total. The molecule has 1 amide bonds. The number of ketones is 1. The summed E-state index contributed by atoms with van der Waals surface area (Å²) in [5, 5.41) is 4.60. The first-order chi connectivity index (χ1) is 14.6. The van der Waals surface area contributed by atoms with E-state index >= 15 is 0 Å². The van der Waals surface area contributed by atoms with Gasteiger partial charge in [-0.2, -0.15) is 0 Å². The van der Waals surface area contributed by atoms with Crippen LogP contribution in [0, 0.1) is 11.3 Å². The number of benzene rings is 1. The molecule has 1 heterocycles. The van der Waals surface area contributed by atoms with Gasteiger partial charge in [-0.3, -0.25) is 9.59 Å². The Morgan fingerprint density at radius 2 is 1.76 bits per heavy atom. The Morgan fingerprint density at radius 1 is 1.15 bits per heavy atom. The van der Waals surface area contributed by atoms with Crippen LogP contribution in [0.2, 0.25) is 0 Å². The zero-order valence-corrected chi connectivity index (χ0v) is 23.0. The van der Waals surface area contributed by atoms with E-state index in [1.165, 1.54) is 0 Å². The van der Waals surface area contributed by atoms with Crippen molar-refractivity contribution >= 4 is 22.6 Å². The van der Waals surface area contributed by atoms with Gasteiger partial charge < -0.3 is 16.0 Å². The fourth-order valence-corrected chi connectivity index (χ4v) is 3.57. The number of aromatic nitrogens is 1. The molecule has 1 aromatic heterocycles. The van der Waals surface area contributed by atoms with Gasteiger partial charge >= 0.3 is 0 Å². The number of carbonyl (C=O) groups excluding carboxylic acids is 2. The maximum absolute atomic E-state index is 13.2. The molecule has 0 saturated carbocycles. The van der Waals surface area contributed by atoms with E-state index in [4.69, 9.17) is 5.73 Å². The number of hydrogen-bond donors (Lipinski definition) is 3. The van der Waals surface area contributed by atoms with Crippen molar-refractivity contribution in [3.05, 3.63) is 61.3 Å². The molecule has 184 valence electrons. The van der Waals surface area contributed by atoms with Gasteiger partial charge in [0.05, 0.1) is 0 Å². The van der Waals surface area contributed by atoms with Crippen molar-refractivity contribution < 1.29 is 30.7 Å². The van der Waals surface area contributed by atoms with Gasteiger partial charge in [-0.15, -0.1) is 13.2 Å². The molecule has 0 aliphatic rings. The number of nitrogens with one attached hydrogen (secondary N) is 2. The number of primary amides is 1. The summed E-state index contributed by atoms with van der Waals surface area (Å²) in [4.78, 5) is 27.7. The topological polar surface area (TPSA) is 88.0 Å². The Balaban J connectivity index is 0. The molecular weight excluding hydrogens is 582 g/mol. The molecule has 0 spiro atoms. The van der Waals surface area contributed by atoms with Crippen LogP contribution >= 0.6 is 0 Å². The van der Waals surface area contributed by atoms with E-state index in [0.717, 1.165) is 16.5 Å². The minimum atomic E-state index is -0.435. The summed E-state index contributed by atoms with van der Waals surface area (Å²) < 4.78 is 0. The van der Waals surface area contributed by atoms with Crippen LogP contribution < -0.4 is 11.1 Å². The summed E-state index contributed by atoms with van der Waals surface area (Å²) in [5.74, 6) is -0.341. The van der Waals surface area contributed by atoms with Crippen LogP contribution in [0.1, 0.15) is 60.5 Å². The zero-order chi connectivity index (χ0) is 23.6. The summed E-state index contributed by atoms with van der Waals surface area (Å²) in [6.45, 7) is 16.0. The number of fused-ring (bicyclic) bond motifs is 1. The number of hydrogen-bond acceptors (Lipinski definition) is 3. The molecule has 1 aromatic carbocycles. The Kier molecular flexibility index (Phi) is 15.9. The zero-order valence-electron chi connectivity index (χ0n) is 20.1. The summed E-state index contributed by atoms with van der Waals surface area (Å²) >= 11 is 0. The monoisotopic (exact) mass is 625 g/mol. The van der Waals surface area contributed by atoms with Crippen LogP contribution in [0.3, 0.4) is 0 Å². The fraction of sp³-hybridized carbons (Fsp3) is 0.481. The fourth-order valence-electron chi connectivity index (χ4n) is 3.57. The Bertz CT molecular complexity index is 881. The average molecular weight is 626 g/mol. The van der Waals surface area contributed by atoms with Gasteiger partial charge in [0.25, 0.3) is 0 Å². The summed E-state index contributed by atoms with van der Waals surface area (Å²) in [6.07, 6.45) is 7.62. The first-order valence-electron chi connectivity index (χ1n) is 10.9. The van der Waals surface area contributed by atoms with Crippen molar-refractivity contribution in [3.8, 4) is 0 Å². The van der Waals surface area contributed by atoms with E-state index in [1.54, 1.807) is 0 Å². The summed E-state index contributed by atoms with van der Waals surface area (Å²) in [7, 11) is 0. The normalized spacial score (nSPS) is 12.9. The third-order valence-corrected chi connectivity index (χ3v) is 5.02. The number of allylic oxidation sites excluding steroid dienone is 1. The van der Waals surface area contributed by atoms with Crippen LogP contribution in [-0.2, 0) is 37.1 Å². The molecule has 0 aliphatic heterocycles. The van der Waals surface area contributed by atoms with Crippen LogP contribution in [0.25, 0.3) is 10.9 Å². The Hall–Kier alpha value is -1.97. The van der Waals surface area contributed by atoms with Gasteiger partial charge in [0.2, 0.25) is 5.91 Å². The number of aromatic amines is 1. The van der Waals surface area contributed by atoms with Crippen LogP contribution in [0.5, 0.6) is 0 Å². The van der Waals surface area contributed by atoms with E-state index < -0.39 is 5.41 Å². The van der Waals surface area contributed by atoms with Gasteiger partial charge in [0.1, 0.15) is 5.78 Å². The Labute approximate surface area is 214 Å².